The van der Waals surface area contributed by atoms with E-state index in [1.807, 2.05) is 11.5 Å². The van der Waals surface area contributed by atoms with Crippen LogP contribution in [-0.2, 0) is 24.4 Å². The van der Waals surface area contributed by atoms with E-state index in [1.165, 1.54) is 19.2 Å². The Kier molecular flexibility index (Phi) is 4.24. The number of fused-ring (bicyclic) bond motifs is 1. The summed E-state index contributed by atoms with van der Waals surface area (Å²) in [5.41, 5.74) is 0.595. The Bertz CT molecular complexity index is 731. The van der Waals surface area contributed by atoms with Crippen molar-refractivity contribution in [2.24, 2.45) is 0 Å². The zero-order valence-corrected chi connectivity index (χ0v) is 13.0. The summed E-state index contributed by atoms with van der Waals surface area (Å²) in [7, 11) is 1.51. The molecule has 0 saturated carbocycles. The highest BCUT2D eigenvalue weighted by molar-refractivity contribution is 5.81. The normalized spacial score (nSPS) is 16.7. The van der Waals surface area contributed by atoms with Gasteiger partial charge in [0.2, 0.25) is 5.91 Å². The minimum absolute atomic E-state index is 0.157. The van der Waals surface area contributed by atoms with Crippen LogP contribution in [-0.4, -0.2) is 33.8 Å². The van der Waals surface area contributed by atoms with E-state index in [-0.39, 0.29) is 24.3 Å². The number of nitrogens with one attached hydrogen (secondary N) is 2. The van der Waals surface area contributed by atoms with Crippen molar-refractivity contribution < 1.29 is 13.9 Å². The fourth-order valence-corrected chi connectivity index (χ4v) is 2.62. The van der Waals surface area contributed by atoms with Crippen molar-refractivity contribution in [1.82, 2.24) is 25.4 Å². The monoisotopic (exact) mass is 319 g/mol. The van der Waals surface area contributed by atoms with E-state index < -0.39 is 0 Å². The van der Waals surface area contributed by atoms with Crippen molar-refractivity contribution in [1.29, 1.82) is 0 Å². The molecule has 7 nitrogen and oxygen atoms in total. The maximum absolute atomic E-state index is 13.3. The van der Waals surface area contributed by atoms with Gasteiger partial charge < -0.3 is 14.6 Å². The average molecular weight is 319 g/mol. The molecule has 0 aliphatic carbocycles. The molecule has 0 saturated heterocycles. The number of aryl methyl sites for hydroxylation is 1. The number of aromatic nitrogens is 3. The first kappa shape index (κ1) is 15.4. The molecule has 23 heavy (non-hydrogen) atoms. The second kappa shape index (κ2) is 6.33. The molecule has 2 N–H and O–H groups in total. The van der Waals surface area contributed by atoms with Crippen LogP contribution in [0.1, 0.15) is 17.2 Å². The van der Waals surface area contributed by atoms with Crippen LogP contribution in [0, 0.1) is 12.7 Å². The molecule has 0 radical (unpaired) electrons. The Morgan fingerprint density at radius 3 is 3.13 bits per heavy atom. The topological polar surface area (TPSA) is 81.1 Å². The minimum Gasteiger partial charge on any atom is -0.496 e. The summed E-state index contributed by atoms with van der Waals surface area (Å²) in [4.78, 5) is 12.3. The predicted octanol–water partition coefficient (Wildman–Crippen LogP) is 0.522. The van der Waals surface area contributed by atoms with Crippen LogP contribution in [0.4, 0.5) is 4.39 Å². The van der Waals surface area contributed by atoms with Gasteiger partial charge in [-0.1, -0.05) is 0 Å². The van der Waals surface area contributed by atoms with E-state index in [1.54, 1.807) is 6.07 Å². The summed E-state index contributed by atoms with van der Waals surface area (Å²) in [6, 6.07) is 3.85. The molecule has 1 aliphatic rings. The van der Waals surface area contributed by atoms with Gasteiger partial charge in [-0.15, -0.1) is 10.2 Å². The standard InChI is InChI=1S/C15H18FN5O2/c1-9-19-20-14-7-17-12(8-21(9)14)15(22)18-6-10-5-11(16)3-4-13(10)23-2/h3-5,12,17H,6-8H2,1-2H3,(H,18,22). The van der Waals surface area contributed by atoms with Crippen molar-refractivity contribution in [3.05, 3.63) is 41.2 Å². The second-order valence-electron chi connectivity index (χ2n) is 5.38. The van der Waals surface area contributed by atoms with Crippen LogP contribution in [0.15, 0.2) is 18.2 Å². The quantitative estimate of drug-likeness (QED) is 0.859. The van der Waals surface area contributed by atoms with Gasteiger partial charge >= 0.3 is 0 Å². The van der Waals surface area contributed by atoms with Gasteiger partial charge in [-0.05, 0) is 25.1 Å². The molecule has 1 aromatic heterocycles. The number of carbonyl (C=O) groups is 1. The predicted molar refractivity (Wildman–Crippen MR) is 80.2 cm³/mol. The minimum atomic E-state index is -0.378. The second-order valence-corrected chi connectivity index (χ2v) is 5.38. The fourth-order valence-electron chi connectivity index (χ4n) is 2.62. The van der Waals surface area contributed by atoms with Gasteiger partial charge in [0.1, 0.15) is 29.3 Å². The number of benzene rings is 1. The molecule has 1 unspecified atom stereocenters. The van der Waals surface area contributed by atoms with Gasteiger partial charge in [0.05, 0.1) is 13.7 Å². The highest BCUT2D eigenvalue weighted by atomic mass is 19.1. The molecule has 0 bridgehead atoms. The molecule has 2 heterocycles. The van der Waals surface area contributed by atoms with Crippen LogP contribution >= 0.6 is 0 Å². The van der Waals surface area contributed by atoms with E-state index in [0.717, 1.165) is 11.6 Å². The molecule has 0 spiro atoms. The SMILES string of the molecule is COc1ccc(F)cc1CNC(=O)C1Cn2c(C)nnc2CN1. The van der Waals surface area contributed by atoms with Gasteiger partial charge in [-0.25, -0.2) is 4.39 Å². The lowest BCUT2D eigenvalue weighted by Gasteiger charge is -2.24. The Morgan fingerprint density at radius 2 is 2.35 bits per heavy atom. The smallest absolute Gasteiger partial charge is 0.239 e. The molecule has 2 aromatic rings. The molecule has 0 fully saturated rings. The largest absolute Gasteiger partial charge is 0.496 e. The molecular formula is C15H18FN5O2. The first-order valence-corrected chi connectivity index (χ1v) is 7.30. The molecule has 3 rings (SSSR count). The summed E-state index contributed by atoms with van der Waals surface area (Å²) in [5, 5.41) is 14.0. The summed E-state index contributed by atoms with van der Waals surface area (Å²) in [6.07, 6.45) is 0. The van der Waals surface area contributed by atoms with Crippen molar-refractivity contribution in [3.63, 3.8) is 0 Å². The summed E-state index contributed by atoms with van der Waals surface area (Å²) >= 11 is 0. The highest BCUT2D eigenvalue weighted by Gasteiger charge is 2.26. The van der Waals surface area contributed by atoms with Crippen LogP contribution < -0.4 is 15.4 Å². The number of carbonyl (C=O) groups excluding carboxylic acids is 1. The van der Waals surface area contributed by atoms with Crippen molar-refractivity contribution in [3.8, 4) is 5.75 Å². The fraction of sp³-hybridized carbons (Fsp3) is 0.400. The number of methoxy groups -OCH3 is 1. The maximum atomic E-state index is 13.3. The Labute approximate surface area is 132 Å². The molecule has 1 atom stereocenters. The Morgan fingerprint density at radius 1 is 1.52 bits per heavy atom. The van der Waals surface area contributed by atoms with E-state index in [9.17, 15) is 9.18 Å². The molecule has 1 aliphatic heterocycles. The van der Waals surface area contributed by atoms with E-state index in [2.05, 4.69) is 20.8 Å². The number of hydrogen-bond acceptors (Lipinski definition) is 5. The van der Waals surface area contributed by atoms with Gasteiger partial charge in [0.15, 0.2) is 0 Å². The molecule has 8 heteroatoms. The summed E-state index contributed by atoms with van der Waals surface area (Å²) < 4.78 is 20.4. The Hall–Kier alpha value is -2.48. The molecular weight excluding hydrogens is 301 g/mol. The molecule has 122 valence electrons. The number of halogens is 1. The third kappa shape index (κ3) is 3.16. The maximum Gasteiger partial charge on any atom is 0.239 e. The van der Waals surface area contributed by atoms with Crippen LogP contribution in [0.2, 0.25) is 0 Å². The number of hydrogen-bond donors (Lipinski definition) is 2. The van der Waals surface area contributed by atoms with Crippen molar-refractivity contribution in [2.75, 3.05) is 7.11 Å². The van der Waals surface area contributed by atoms with Crippen LogP contribution in [0.5, 0.6) is 5.75 Å². The first-order chi connectivity index (χ1) is 11.1. The third-order valence-corrected chi connectivity index (χ3v) is 3.90. The average Bonchev–Trinajstić information content (AvgIpc) is 2.93. The lowest BCUT2D eigenvalue weighted by molar-refractivity contribution is -0.124. The zero-order valence-electron chi connectivity index (χ0n) is 13.0. The van der Waals surface area contributed by atoms with Crippen LogP contribution in [0.25, 0.3) is 0 Å². The van der Waals surface area contributed by atoms with E-state index in [4.69, 9.17) is 4.74 Å². The first-order valence-electron chi connectivity index (χ1n) is 7.30. The number of ether oxygens (including phenoxy) is 1. The van der Waals surface area contributed by atoms with Crippen LogP contribution in [0.3, 0.4) is 0 Å². The van der Waals surface area contributed by atoms with E-state index in [0.29, 0.717) is 24.4 Å². The van der Waals surface area contributed by atoms with Gasteiger partial charge in [-0.3, -0.25) is 10.1 Å². The molecule has 1 amide bonds. The van der Waals surface area contributed by atoms with Gasteiger partial charge in [0.25, 0.3) is 0 Å². The zero-order chi connectivity index (χ0) is 16.4. The lowest BCUT2D eigenvalue weighted by Crippen LogP contribution is -2.49. The van der Waals surface area contributed by atoms with Gasteiger partial charge in [-0.2, -0.15) is 0 Å². The number of nitrogens with zero attached hydrogens (tertiary/aromatic N) is 3. The van der Waals surface area contributed by atoms with Crippen molar-refractivity contribution >= 4 is 5.91 Å². The Balaban J connectivity index is 1.64. The summed E-state index contributed by atoms with van der Waals surface area (Å²) in [6.45, 7) is 3.02. The van der Waals surface area contributed by atoms with Gasteiger partial charge in [0, 0.05) is 18.7 Å². The molecule has 1 aromatic carbocycles. The highest BCUT2D eigenvalue weighted by Crippen LogP contribution is 2.19. The number of amides is 1. The van der Waals surface area contributed by atoms with Crippen molar-refractivity contribution in [2.45, 2.75) is 32.6 Å². The number of rotatable bonds is 4. The third-order valence-electron chi connectivity index (χ3n) is 3.90. The lowest BCUT2D eigenvalue weighted by atomic mass is 10.1. The van der Waals surface area contributed by atoms with E-state index >= 15 is 0 Å². The summed E-state index contributed by atoms with van der Waals surface area (Å²) in [5.74, 6) is 1.62.